The molecular weight excluding hydrogens is 305 g/mol. The predicted octanol–water partition coefficient (Wildman–Crippen LogP) is 2.41. The molecule has 1 aliphatic heterocycles. The number of hydrogen-bond donors (Lipinski definition) is 3. The average molecular weight is 331 g/mol. The highest BCUT2D eigenvalue weighted by Gasteiger charge is 2.52. The van der Waals surface area contributed by atoms with Gasteiger partial charge in [-0.3, -0.25) is 0 Å². The van der Waals surface area contributed by atoms with Crippen molar-refractivity contribution in [2.75, 3.05) is 18.9 Å². The van der Waals surface area contributed by atoms with Crippen LogP contribution in [0, 0.1) is 0 Å². The third kappa shape index (κ3) is 4.17. The summed E-state index contributed by atoms with van der Waals surface area (Å²) in [6, 6.07) is 6.86. The summed E-state index contributed by atoms with van der Waals surface area (Å²) < 4.78 is 12.3. The number of likely N-dealkylation sites (N-methyl/N-ethyl adjacent to an activating group) is 1. The van der Waals surface area contributed by atoms with Crippen LogP contribution in [-0.2, 0) is 9.31 Å². The van der Waals surface area contributed by atoms with Crippen molar-refractivity contribution in [1.82, 2.24) is 5.32 Å². The van der Waals surface area contributed by atoms with Gasteiger partial charge in [-0.05, 0) is 57.9 Å². The van der Waals surface area contributed by atoms with Crippen molar-refractivity contribution >= 4 is 24.9 Å². The average Bonchev–Trinajstić information content (AvgIpc) is 2.66. The van der Waals surface area contributed by atoms with Crippen LogP contribution in [0.15, 0.2) is 29.7 Å². The topological polar surface area (TPSA) is 85.6 Å². The van der Waals surface area contributed by atoms with Crippen molar-refractivity contribution in [3.05, 3.63) is 35.3 Å². The van der Waals surface area contributed by atoms with Gasteiger partial charge in [0.05, 0.1) is 11.2 Å². The summed E-state index contributed by atoms with van der Waals surface area (Å²) in [6.07, 6.45) is 2.00. The molecular formula is C17H26BN3O3. The highest BCUT2D eigenvalue weighted by atomic mass is 16.7. The number of benzene rings is 1. The molecule has 1 aromatic carbocycles. The molecule has 0 aromatic heterocycles. The van der Waals surface area contributed by atoms with Crippen LogP contribution >= 0.6 is 0 Å². The molecule has 24 heavy (non-hydrogen) atoms. The van der Waals surface area contributed by atoms with Crippen molar-refractivity contribution in [2.24, 2.45) is 5.73 Å². The van der Waals surface area contributed by atoms with Gasteiger partial charge in [0.25, 0.3) is 0 Å². The number of anilines is 1. The van der Waals surface area contributed by atoms with E-state index in [-0.39, 0.29) is 11.2 Å². The number of nitrogens with two attached hydrogens (primary N) is 1. The second-order valence-electron chi connectivity index (χ2n) is 6.95. The van der Waals surface area contributed by atoms with E-state index in [0.717, 1.165) is 11.0 Å². The fraction of sp³-hybridized carbons (Fsp3) is 0.471. The van der Waals surface area contributed by atoms with Crippen LogP contribution < -0.4 is 16.4 Å². The largest absolute Gasteiger partial charge is 0.491 e. The Morgan fingerprint density at radius 3 is 2.42 bits per heavy atom. The number of urea groups is 1. The van der Waals surface area contributed by atoms with Gasteiger partial charge in [-0.1, -0.05) is 18.2 Å². The Balaban J connectivity index is 2.28. The first-order valence-corrected chi connectivity index (χ1v) is 8.02. The summed E-state index contributed by atoms with van der Waals surface area (Å²) in [5.41, 5.74) is 6.95. The normalized spacial score (nSPS) is 19.4. The third-order valence-corrected chi connectivity index (χ3v) is 4.44. The van der Waals surface area contributed by atoms with Crippen molar-refractivity contribution in [3.8, 4) is 0 Å². The van der Waals surface area contributed by atoms with Gasteiger partial charge in [0.15, 0.2) is 0 Å². The van der Waals surface area contributed by atoms with E-state index in [1.165, 1.54) is 0 Å². The van der Waals surface area contributed by atoms with Crippen LogP contribution in [0.1, 0.15) is 33.3 Å². The maximum atomic E-state index is 11.0. The number of carbonyl (C=O) groups excluding carboxylic acids is 1. The second-order valence-corrected chi connectivity index (χ2v) is 6.95. The van der Waals surface area contributed by atoms with Gasteiger partial charge in [0, 0.05) is 12.2 Å². The fourth-order valence-electron chi connectivity index (χ4n) is 2.46. The molecule has 4 N–H and O–H groups in total. The molecule has 0 radical (unpaired) electrons. The predicted molar refractivity (Wildman–Crippen MR) is 97.6 cm³/mol. The first-order valence-electron chi connectivity index (χ1n) is 8.02. The molecule has 2 rings (SSSR count). The lowest BCUT2D eigenvalue weighted by Gasteiger charge is -2.32. The summed E-state index contributed by atoms with van der Waals surface area (Å²) in [4.78, 5) is 11.0. The lowest BCUT2D eigenvalue weighted by molar-refractivity contribution is 0.00578. The number of hydrogen-bond acceptors (Lipinski definition) is 4. The minimum Gasteiger partial charge on any atom is -0.400 e. The fourth-order valence-corrected chi connectivity index (χ4v) is 2.46. The monoisotopic (exact) mass is 331 g/mol. The van der Waals surface area contributed by atoms with Crippen molar-refractivity contribution in [2.45, 2.75) is 38.9 Å². The number of amides is 2. The SMILES string of the molecule is CNCC(=Cc1cccc(NC(N)=O)c1)B1OC(C)(C)C(C)(C)O1. The number of rotatable bonds is 5. The first kappa shape index (κ1) is 18.5. The molecule has 0 unspecified atom stereocenters. The van der Waals surface area contributed by atoms with Crippen molar-refractivity contribution < 1.29 is 14.1 Å². The Bertz CT molecular complexity index is 628. The molecule has 1 aromatic rings. The molecule has 0 atom stereocenters. The molecule has 6 nitrogen and oxygen atoms in total. The zero-order valence-corrected chi connectivity index (χ0v) is 15.0. The highest BCUT2D eigenvalue weighted by Crippen LogP contribution is 2.38. The van der Waals surface area contributed by atoms with E-state index in [0.29, 0.717) is 12.2 Å². The minimum absolute atomic E-state index is 0.389. The molecule has 2 amide bonds. The quantitative estimate of drug-likeness (QED) is 0.723. The van der Waals surface area contributed by atoms with Gasteiger partial charge >= 0.3 is 13.1 Å². The lowest BCUT2D eigenvalue weighted by Crippen LogP contribution is -2.41. The van der Waals surface area contributed by atoms with Crippen LogP contribution in [0.4, 0.5) is 10.5 Å². The van der Waals surface area contributed by atoms with E-state index in [4.69, 9.17) is 15.0 Å². The molecule has 1 fully saturated rings. The van der Waals surface area contributed by atoms with E-state index >= 15 is 0 Å². The molecule has 1 saturated heterocycles. The Labute approximate surface area is 143 Å². The second kappa shape index (κ2) is 6.97. The Morgan fingerprint density at radius 2 is 1.88 bits per heavy atom. The van der Waals surface area contributed by atoms with Crippen LogP contribution in [0.5, 0.6) is 0 Å². The maximum absolute atomic E-state index is 11.0. The number of nitrogens with one attached hydrogen (secondary N) is 2. The summed E-state index contributed by atoms with van der Waals surface area (Å²) in [5, 5.41) is 5.73. The minimum atomic E-state index is -0.586. The molecule has 0 saturated carbocycles. The zero-order chi connectivity index (χ0) is 18.0. The van der Waals surface area contributed by atoms with Crippen molar-refractivity contribution in [1.29, 1.82) is 0 Å². The van der Waals surface area contributed by atoms with E-state index in [9.17, 15) is 4.79 Å². The van der Waals surface area contributed by atoms with Crippen LogP contribution in [0.2, 0.25) is 0 Å². The maximum Gasteiger partial charge on any atom is 0.491 e. The van der Waals surface area contributed by atoms with Crippen LogP contribution in [-0.4, -0.2) is 37.9 Å². The van der Waals surface area contributed by atoms with E-state index in [1.54, 1.807) is 6.07 Å². The van der Waals surface area contributed by atoms with E-state index < -0.39 is 13.1 Å². The van der Waals surface area contributed by atoms with Gasteiger partial charge in [-0.15, -0.1) is 0 Å². The van der Waals surface area contributed by atoms with Gasteiger partial charge in [-0.25, -0.2) is 4.79 Å². The number of primary amides is 1. The van der Waals surface area contributed by atoms with Crippen LogP contribution in [0.3, 0.4) is 0 Å². The van der Waals surface area contributed by atoms with E-state index in [1.807, 2.05) is 59.0 Å². The van der Waals surface area contributed by atoms with E-state index in [2.05, 4.69) is 10.6 Å². The number of carbonyl (C=O) groups is 1. The molecule has 1 heterocycles. The van der Waals surface area contributed by atoms with Gasteiger partial charge < -0.3 is 25.7 Å². The third-order valence-electron chi connectivity index (χ3n) is 4.44. The Kier molecular flexibility index (Phi) is 5.37. The molecule has 0 aliphatic carbocycles. The Hall–Kier alpha value is -1.83. The standard InChI is InChI=1S/C17H26BN3O3/c1-16(2)17(3,4)24-18(23-16)13(11-20-5)9-12-7-6-8-14(10-12)21-15(19)22/h6-10,20H,11H2,1-5H3,(H3,19,21,22). The van der Waals surface area contributed by atoms with Gasteiger partial charge in [0.2, 0.25) is 0 Å². The molecule has 130 valence electrons. The highest BCUT2D eigenvalue weighted by molar-refractivity contribution is 6.55. The summed E-state index contributed by atoms with van der Waals surface area (Å²) in [6.45, 7) is 8.75. The smallest absolute Gasteiger partial charge is 0.400 e. The van der Waals surface area contributed by atoms with Crippen molar-refractivity contribution in [3.63, 3.8) is 0 Å². The molecule has 1 aliphatic rings. The van der Waals surface area contributed by atoms with Crippen LogP contribution in [0.25, 0.3) is 6.08 Å². The summed E-state index contributed by atoms with van der Waals surface area (Å²) in [7, 11) is 1.46. The lowest BCUT2D eigenvalue weighted by atomic mass is 9.77. The van der Waals surface area contributed by atoms with Gasteiger partial charge in [0.1, 0.15) is 0 Å². The van der Waals surface area contributed by atoms with Gasteiger partial charge in [-0.2, -0.15) is 0 Å². The first-order chi connectivity index (χ1) is 11.1. The molecule has 7 heteroatoms. The Morgan fingerprint density at radius 1 is 1.25 bits per heavy atom. The summed E-state index contributed by atoms with van der Waals surface area (Å²) >= 11 is 0. The summed E-state index contributed by atoms with van der Waals surface area (Å²) in [5.74, 6) is 0. The molecule has 0 spiro atoms. The zero-order valence-electron chi connectivity index (χ0n) is 15.0. The molecule has 0 bridgehead atoms.